The number of ether oxygens (including phenoxy) is 1. The minimum atomic E-state index is -0.566. The van der Waals surface area contributed by atoms with Crippen molar-refractivity contribution in [1.29, 1.82) is 0 Å². The summed E-state index contributed by atoms with van der Waals surface area (Å²) in [4.78, 5) is 0. The number of anilines is 1. The molecule has 1 aromatic rings. The molecule has 2 unspecified atom stereocenters. The third kappa shape index (κ3) is 2.92. The minimum Gasteiger partial charge on any atom is -0.382 e. The number of hydrogen-bond donors (Lipinski definition) is 1. The van der Waals surface area contributed by atoms with Crippen LogP contribution >= 0.6 is 0 Å². The summed E-state index contributed by atoms with van der Waals surface area (Å²) in [5, 5.41) is 2.98. The molecule has 0 saturated carbocycles. The van der Waals surface area contributed by atoms with Crippen molar-refractivity contribution in [2.75, 3.05) is 11.9 Å². The SMILES string of the molecule is CC1CCC(CNc2cc(F)cc(F)c2)O1. The van der Waals surface area contributed by atoms with Gasteiger partial charge in [-0.1, -0.05) is 0 Å². The van der Waals surface area contributed by atoms with Crippen LogP contribution in [0.3, 0.4) is 0 Å². The molecule has 1 N–H and O–H groups in total. The lowest BCUT2D eigenvalue weighted by atomic mass is 10.2. The predicted octanol–water partition coefficient (Wildman–Crippen LogP) is 2.94. The molecule has 1 fully saturated rings. The zero-order chi connectivity index (χ0) is 11.5. The number of hydrogen-bond acceptors (Lipinski definition) is 2. The summed E-state index contributed by atoms with van der Waals surface area (Å²) in [6.07, 6.45) is 2.47. The van der Waals surface area contributed by atoms with Gasteiger partial charge in [-0.25, -0.2) is 8.78 Å². The van der Waals surface area contributed by atoms with Crippen LogP contribution in [0.2, 0.25) is 0 Å². The second-order valence-electron chi connectivity index (χ2n) is 4.19. The van der Waals surface area contributed by atoms with Gasteiger partial charge in [-0.3, -0.25) is 0 Å². The molecule has 2 nitrogen and oxygen atoms in total. The molecule has 0 amide bonds. The van der Waals surface area contributed by atoms with E-state index in [1.54, 1.807) is 0 Å². The van der Waals surface area contributed by atoms with E-state index in [9.17, 15) is 8.78 Å². The Balaban J connectivity index is 1.89. The normalized spacial score (nSPS) is 24.7. The predicted molar refractivity (Wildman–Crippen MR) is 58.4 cm³/mol. The van der Waals surface area contributed by atoms with E-state index in [0.29, 0.717) is 12.2 Å². The topological polar surface area (TPSA) is 21.3 Å². The van der Waals surface area contributed by atoms with Crippen LogP contribution in [0.15, 0.2) is 18.2 Å². The van der Waals surface area contributed by atoms with Crippen LogP contribution in [-0.4, -0.2) is 18.8 Å². The van der Waals surface area contributed by atoms with Crippen molar-refractivity contribution in [2.45, 2.75) is 32.0 Å². The van der Waals surface area contributed by atoms with Gasteiger partial charge >= 0.3 is 0 Å². The van der Waals surface area contributed by atoms with Gasteiger partial charge in [0.25, 0.3) is 0 Å². The van der Waals surface area contributed by atoms with Crippen LogP contribution in [-0.2, 0) is 4.74 Å². The third-order valence-electron chi connectivity index (χ3n) is 2.72. The van der Waals surface area contributed by atoms with Gasteiger partial charge in [-0.2, -0.15) is 0 Å². The smallest absolute Gasteiger partial charge is 0.128 e. The van der Waals surface area contributed by atoms with E-state index in [0.717, 1.165) is 18.9 Å². The van der Waals surface area contributed by atoms with Crippen molar-refractivity contribution in [3.63, 3.8) is 0 Å². The Morgan fingerprint density at radius 2 is 1.94 bits per heavy atom. The molecule has 0 radical (unpaired) electrons. The molecule has 0 aromatic heterocycles. The fourth-order valence-electron chi connectivity index (χ4n) is 1.92. The second kappa shape index (κ2) is 4.78. The molecule has 1 heterocycles. The molecule has 2 atom stereocenters. The molecule has 0 aliphatic carbocycles. The first-order valence-electron chi connectivity index (χ1n) is 5.49. The van der Waals surface area contributed by atoms with E-state index >= 15 is 0 Å². The fourth-order valence-corrected chi connectivity index (χ4v) is 1.92. The van der Waals surface area contributed by atoms with E-state index in [-0.39, 0.29) is 12.2 Å². The zero-order valence-electron chi connectivity index (χ0n) is 9.17. The van der Waals surface area contributed by atoms with Gasteiger partial charge in [0.2, 0.25) is 0 Å². The molecular weight excluding hydrogens is 212 g/mol. The van der Waals surface area contributed by atoms with Gasteiger partial charge in [-0.05, 0) is 31.9 Å². The van der Waals surface area contributed by atoms with Gasteiger partial charge in [0.15, 0.2) is 0 Å². The molecule has 0 bridgehead atoms. The van der Waals surface area contributed by atoms with Crippen molar-refractivity contribution in [1.82, 2.24) is 0 Å². The lowest BCUT2D eigenvalue weighted by Gasteiger charge is -2.13. The highest BCUT2D eigenvalue weighted by atomic mass is 19.1. The van der Waals surface area contributed by atoms with E-state index < -0.39 is 11.6 Å². The maximum absolute atomic E-state index is 12.9. The van der Waals surface area contributed by atoms with E-state index in [1.165, 1.54) is 12.1 Å². The maximum atomic E-state index is 12.9. The number of rotatable bonds is 3. The summed E-state index contributed by atoms with van der Waals surface area (Å²) < 4.78 is 31.4. The van der Waals surface area contributed by atoms with Crippen LogP contribution in [0.4, 0.5) is 14.5 Å². The molecule has 1 aromatic carbocycles. The van der Waals surface area contributed by atoms with Crippen LogP contribution in [0.1, 0.15) is 19.8 Å². The zero-order valence-corrected chi connectivity index (χ0v) is 9.17. The van der Waals surface area contributed by atoms with E-state index in [1.807, 2.05) is 6.92 Å². The lowest BCUT2D eigenvalue weighted by Crippen LogP contribution is -2.19. The van der Waals surface area contributed by atoms with Gasteiger partial charge in [0.1, 0.15) is 11.6 Å². The van der Waals surface area contributed by atoms with Crippen molar-refractivity contribution in [2.24, 2.45) is 0 Å². The summed E-state index contributed by atoms with van der Waals surface area (Å²) in [5.41, 5.74) is 0.459. The largest absolute Gasteiger partial charge is 0.382 e. The Morgan fingerprint density at radius 3 is 2.50 bits per heavy atom. The number of nitrogens with one attached hydrogen (secondary N) is 1. The van der Waals surface area contributed by atoms with Crippen molar-refractivity contribution in [3.8, 4) is 0 Å². The lowest BCUT2D eigenvalue weighted by molar-refractivity contribution is 0.0637. The first-order valence-corrected chi connectivity index (χ1v) is 5.49. The highest BCUT2D eigenvalue weighted by Gasteiger charge is 2.21. The summed E-state index contributed by atoms with van der Waals surface area (Å²) in [6, 6.07) is 3.42. The van der Waals surface area contributed by atoms with Crippen molar-refractivity contribution >= 4 is 5.69 Å². The number of benzene rings is 1. The highest BCUT2D eigenvalue weighted by Crippen LogP contribution is 2.20. The van der Waals surface area contributed by atoms with Gasteiger partial charge in [0, 0.05) is 18.3 Å². The summed E-state index contributed by atoms with van der Waals surface area (Å²) in [5.74, 6) is -1.13. The molecule has 0 spiro atoms. The third-order valence-corrected chi connectivity index (χ3v) is 2.72. The molecule has 1 aliphatic heterocycles. The standard InChI is InChI=1S/C12H15F2NO/c1-8-2-3-12(16-8)7-15-11-5-9(13)4-10(14)6-11/h4-6,8,12,15H,2-3,7H2,1H3. The average Bonchev–Trinajstić information content (AvgIpc) is 2.60. The number of halogens is 2. The van der Waals surface area contributed by atoms with Crippen LogP contribution in [0.25, 0.3) is 0 Å². The monoisotopic (exact) mass is 227 g/mol. The van der Waals surface area contributed by atoms with Crippen LogP contribution in [0.5, 0.6) is 0 Å². The average molecular weight is 227 g/mol. The van der Waals surface area contributed by atoms with Crippen LogP contribution < -0.4 is 5.32 Å². The van der Waals surface area contributed by atoms with Crippen molar-refractivity contribution in [3.05, 3.63) is 29.8 Å². The second-order valence-corrected chi connectivity index (χ2v) is 4.19. The molecule has 4 heteroatoms. The molecule has 16 heavy (non-hydrogen) atoms. The molecule has 1 saturated heterocycles. The Morgan fingerprint density at radius 1 is 1.25 bits per heavy atom. The van der Waals surface area contributed by atoms with E-state index in [4.69, 9.17) is 4.74 Å². The Bertz CT molecular complexity index is 350. The van der Waals surface area contributed by atoms with E-state index in [2.05, 4.69) is 5.32 Å². The first-order chi connectivity index (χ1) is 7.63. The Labute approximate surface area is 93.6 Å². The summed E-state index contributed by atoms with van der Waals surface area (Å²) >= 11 is 0. The molecular formula is C12H15F2NO. The first kappa shape index (κ1) is 11.3. The Hall–Kier alpha value is -1.16. The van der Waals surface area contributed by atoms with Gasteiger partial charge < -0.3 is 10.1 Å². The van der Waals surface area contributed by atoms with Gasteiger partial charge in [0.05, 0.1) is 12.2 Å². The van der Waals surface area contributed by atoms with Crippen molar-refractivity contribution < 1.29 is 13.5 Å². The highest BCUT2D eigenvalue weighted by molar-refractivity contribution is 5.43. The molecule has 88 valence electrons. The maximum Gasteiger partial charge on any atom is 0.128 e. The molecule has 1 aliphatic rings. The van der Waals surface area contributed by atoms with Crippen LogP contribution in [0, 0.1) is 11.6 Å². The fraction of sp³-hybridized carbons (Fsp3) is 0.500. The van der Waals surface area contributed by atoms with Gasteiger partial charge in [-0.15, -0.1) is 0 Å². The quantitative estimate of drug-likeness (QED) is 0.857. The molecule has 2 rings (SSSR count). The minimum absolute atomic E-state index is 0.140. The Kier molecular flexibility index (Phi) is 3.39. The summed E-state index contributed by atoms with van der Waals surface area (Å²) in [7, 11) is 0. The summed E-state index contributed by atoms with van der Waals surface area (Å²) in [6.45, 7) is 2.62.